The Morgan fingerprint density at radius 1 is 0.889 bits per heavy atom. The summed E-state index contributed by atoms with van der Waals surface area (Å²) < 4.78 is 44.1. The third kappa shape index (κ3) is 7.30. The van der Waals surface area contributed by atoms with Gasteiger partial charge in [-0.3, -0.25) is 0 Å². The van der Waals surface area contributed by atoms with Gasteiger partial charge in [-0.2, -0.15) is 0 Å². The molecule has 0 bridgehead atoms. The number of benzene rings is 1. The van der Waals surface area contributed by atoms with Crippen molar-refractivity contribution in [2.24, 2.45) is 0 Å². The Morgan fingerprint density at radius 2 is 1.28 bits per heavy atom. The lowest BCUT2D eigenvalue weighted by Crippen LogP contribution is -1.93. The summed E-state index contributed by atoms with van der Waals surface area (Å²) in [5, 5.41) is 0. The van der Waals surface area contributed by atoms with Crippen LogP contribution in [0.15, 0.2) is 24.3 Å². The van der Waals surface area contributed by atoms with E-state index in [1.165, 1.54) is 12.5 Å². The molecule has 0 unspecified atom stereocenters. The Hall–Kier alpha value is -0.180. The van der Waals surface area contributed by atoms with Crippen LogP contribution in [0.1, 0.15) is 11.1 Å². The highest BCUT2D eigenvalue weighted by molar-refractivity contribution is 8.71. The second kappa shape index (κ2) is 6.31. The molecule has 1 rings (SSSR count). The molecule has 0 fully saturated rings. The van der Waals surface area contributed by atoms with Gasteiger partial charge in [-0.1, -0.05) is 24.3 Å². The van der Waals surface area contributed by atoms with Gasteiger partial charge in [-0.15, -0.1) is 0 Å². The molecule has 1 aromatic rings. The van der Waals surface area contributed by atoms with Crippen molar-refractivity contribution in [2.75, 3.05) is 12.5 Å². The van der Waals surface area contributed by atoms with Crippen molar-refractivity contribution < 1.29 is 16.8 Å². The number of hydrogen-bond donors (Lipinski definition) is 0. The fourth-order valence-electron chi connectivity index (χ4n) is 1.16. The lowest BCUT2D eigenvalue weighted by atomic mass is 10.2. The van der Waals surface area contributed by atoms with Crippen molar-refractivity contribution in [3.63, 3.8) is 0 Å². The summed E-state index contributed by atoms with van der Waals surface area (Å²) in [5.74, 6) is 0.742. The number of hydrogen-bond acceptors (Lipinski definition) is 6. The molecular weight excluding hydrogens is 312 g/mol. The topological polar surface area (TPSA) is 68.3 Å². The van der Waals surface area contributed by atoms with Crippen LogP contribution in [0.4, 0.5) is 0 Å². The van der Waals surface area contributed by atoms with Gasteiger partial charge >= 0.3 is 0 Å². The van der Waals surface area contributed by atoms with Crippen molar-refractivity contribution in [3.05, 3.63) is 35.4 Å². The van der Waals surface area contributed by atoms with Gasteiger partial charge in [0.1, 0.15) is 0 Å². The van der Waals surface area contributed by atoms with Crippen LogP contribution in [0.25, 0.3) is 0 Å². The van der Waals surface area contributed by atoms with E-state index in [4.69, 9.17) is 0 Å². The number of rotatable bonds is 6. The first-order valence-corrected chi connectivity index (χ1v) is 11.7. The fraction of sp³-hybridized carbons (Fsp3) is 0.400. The summed E-state index contributed by atoms with van der Waals surface area (Å²) in [5.41, 5.74) is 1.74. The Morgan fingerprint density at radius 3 is 1.61 bits per heavy atom. The molecule has 0 radical (unpaired) electrons. The Kier molecular flexibility index (Phi) is 5.57. The average molecular weight is 326 g/mol. The smallest absolute Gasteiger partial charge is 0.199 e. The molecule has 0 amide bonds. The van der Waals surface area contributed by atoms with Gasteiger partial charge in [0.15, 0.2) is 17.7 Å². The van der Waals surface area contributed by atoms with E-state index in [0.29, 0.717) is 11.5 Å². The highest BCUT2D eigenvalue weighted by Crippen LogP contribution is 2.22. The monoisotopic (exact) mass is 326 g/mol. The molecule has 0 aliphatic heterocycles. The summed E-state index contributed by atoms with van der Waals surface area (Å²) in [6.45, 7) is 0. The van der Waals surface area contributed by atoms with Gasteiger partial charge in [-0.05, 0) is 32.7 Å². The molecule has 0 spiro atoms. The minimum absolute atomic E-state index is 0.371. The first-order chi connectivity index (χ1) is 8.16. The van der Waals surface area contributed by atoms with E-state index in [9.17, 15) is 16.8 Å². The van der Waals surface area contributed by atoms with E-state index in [2.05, 4.69) is 0 Å². The Labute approximate surface area is 115 Å². The van der Waals surface area contributed by atoms with Crippen molar-refractivity contribution in [3.8, 4) is 0 Å². The summed E-state index contributed by atoms with van der Waals surface area (Å²) in [6.07, 6.45) is 2.34. The van der Waals surface area contributed by atoms with Gasteiger partial charge < -0.3 is 0 Å². The highest BCUT2D eigenvalue weighted by Gasteiger charge is 2.06. The van der Waals surface area contributed by atoms with Crippen LogP contribution in [0.5, 0.6) is 0 Å². The molecule has 0 N–H and O–H groups in total. The predicted octanol–water partition coefficient (Wildman–Crippen LogP) is 2.07. The van der Waals surface area contributed by atoms with Gasteiger partial charge in [0.2, 0.25) is 0 Å². The molecule has 0 atom stereocenters. The van der Waals surface area contributed by atoms with Crippen LogP contribution in [0.2, 0.25) is 0 Å². The average Bonchev–Trinajstić information content (AvgIpc) is 2.22. The third-order valence-electron chi connectivity index (χ3n) is 1.87. The van der Waals surface area contributed by atoms with E-state index in [1.54, 1.807) is 6.07 Å². The maximum absolute atomic E-state index is 11.0. The normalized spacial score (nSPS) is 12.6. The van der Waals surface area contributed by atoms with Gasteiger partial charge in [0.25, 0.3) is 0 Å². The second-order valence-electron chi connectivity index (χ2n) is 3.75. The SMILES string of the molecule is CS(=O)(=O)SCc1cccc(CSS(C)(=O)=O)c1. The van der Waals surface area contributed by atoms with Crippen molar-refractivity contribution in [1.29, 1.82) is 0 Å². The summed E-state index contributed by atoms with van der Waals surface area (Å²) in [4.78, 5) is 0. The van der Waals surface area contributed by atoms with Gasteiger partial charge in [0, 0.05) is 24.0 Å². The minimum Gasteiger partial charge on any atom is -0.218 e. The maximum atomic E-state index is 11.0. The molecule has 0 heterocycles. The zero-order chi connectivity index (χ0) is 13.8. The second-order valence-corrected chi connectivity index (χ2v) is 12.7. The van der Waals surface area contributed by atoms with Gasteiger partial charge in [-0.25, -0.2) is 16.8 Å². The summed E-state index contributed by atoms with van der Waals surface area (Å²) >= 11 is 0. The van der Waals surface area contributed by atoms with Gasteiger partial charge in [0.05, 0.1) is 0 Å². The molecule has 0 aliphatic rings. The van der Waals surface area contributed by atoms with E-state index in [-0.39, 0.29) is 0 Å². The molecule has 0 aromatic heterocycles. The van der Waals surface area contributed by atoms with E-state index in [0.717, 1.165) is 32.7 Å². The quantitative estimate of drug-likeness (QED) is 0.746. The van der Waals surface area contributed by atoms with E-state index >= 15 is 0 Å². The van der Waals surface area contributed by atoms with Crippen LogP contribution >= 0.6 is 21.6 Å². The van der Waals surface area contributed by atoms with Crippen LogP contribution < -0.4 is 0 Å². The van der Waals surface area contributed by atoms with Crippen LogP contribution in [-0.4, -0.2) is 29.3 Å². The lowest BCUT2D eigenvalue weighted by Gasteiger charge is -2.04. The van der Waals surface area contributed by atoms with E-state index in [1.807, 2.05) is 18.2 Å². The van der Waals surface area contributed by atoms with Crippen molar-refractivity contribution in [2.45, 2.75) is 11.5 Å². The first-order valence-electron chi connectivity index (χ1n) is 4.92. The van der Waals surface area contributed by atoms with Crippen LogP contribution in [0.3, 0.4) is 0 Å². The largest absolute Gasteiger partial charge is 0.218 e. The zero-order valence-corrected chi connectivity index (χ0v) is 13.3. The molecule has 102 valence electrons. The highest BCUT2D eigenvalue weighted by atomic mass is 33.1. The zero-order valence-electron chi connectivity index (χ0n) is 9.99. The molecule has 0 saturated carbocycles. The third-order valence-corrected chi connectivity index (χ3v) is 6.91. The molecule has 18 heavy (non-hydrogen) atoms. The van der Waals surface area contributed by atoms with Crippen molar-refractivity contribution >= 4 is 39.3 Å². The minimum atomic E-state index is -3.06. The van der Waals surface area contributed by atoms with Crippen LogP contribution in [-0.2, 0) is 29.2 Å². The fourth-order valence-corrected chi connectivity index (χ4v) is 4.32. The molecule has 8 heteroatoms. The van der Waals surface area contributed by atoms with Crippen molar-refractivity contribution in [1.82, 2.24) is 0 Å². The van der Waals surface area contributed by atoms with Crippen LogP contribution in [0, 0.1) is 0 Å². The van der Waals surface area contributed by atoms with E-state index < -0.39 is 17.7 Å². The predicted molar refractivity (Wildman–Crippen MR) is 78.7 cm³/mol. The summed E-state index contributed by atoms with van der Waals surface area (Å²) in [7, 11) is -4.38. The summed E-state index contributed by atoms with van der Waals surface area (Å²) in [6, 6.07) is 7.28. The molecule has 4 nitrogen and oxygen atoms in total. The Balaban J connectivity index is 2.68. The maximum Gasteiger partial charge on any atom is 0.199 e. The molecule has 0 aliphatic carbocycles. The standard InChI is InChI=1S/C10H14O4S4/c1-17(11,12)15-7-9-4-3-5-10(6-9)8-16-18(2,13)14/h3-6H,7-8H2,1-2H3. The molecular formula is C10H14O4S4. The molecule has 0 saturated heterocycles. The first kappa shape index (κ1) is 15.9. The molecule has 1 aromatic carbocycles. The Bertz CT molecular complexity index is 553. The lowest BCUT2D eigenvalue weighted by molar-refractivity contribution is 0.614.